The van der Waals surface area contributed by atoms with E-state index in [9.17, 15) is 4.79 Å². The minimum absolute atomic E-state index is 0.285. The molecule has 3 rings (SSSR count). The quantitative estimate of drug-likeness (QED) is 0.919. The number of rotatable bonds is 3. The largest absolute Gasteiger partial charge is 0.445 e. The van der Waals surface area contributed by atoms with Gasteiger partial charge in [-0.2, -0.15) is 0 Å². The fraction of sp³-hybridized carbons (Fsp3) is 0.562. The smallest absolute Gasteiger partial charge is 0.407 e. The van der Waals surface area contributed by atoms with Crippen LogP contribution in [0.1, 0.15) is 18.4 Å². The topological polar surface area (TPSA) is 41.6 Å². The molecule has 0 spiro atoms. The number of nitrogens with zero attached hydrogens (tertiary/aromatic N) is 1. The molecule has 4 nitrogen and oxygen atoms in total. The lowest BCUT2D eigenvalue weighted by Crippen LogP contribution is -2.34. The zero-order chi connectivity index (χ0) is 13.9. The van der Waals surface area contributed by atoms with Crippen molar-refractivity contribution >= 4 is 6.09 Å². The van der Waals surface area contributed by atoms with Crippen LogP contribution in [0.4, 0.5) is 4.79 Å². The first-order valence-corrected chi connectivity index (χ1v) is 7.36. The van der Waals surface area contributed by atoms with Crippen molar-refractivity contribution in [3.05, 3.63) is 35.9 Å². The summed E-state index contributed by atoms with van der Waals surface area (Å²) in [6.07, 6.45) is 1.90. The van der Waals surface area contributed by atoms with Gasteiger partial charge in [0.1, 0.15) is 6.61 Å². The van der Waals surface area contributed by atoms with Gasteiger partial charge in [-0.3, -0.25) is 0 Å². The number of carbonyl (C=O) groups excluding carboxylic acids is 1. The zero-order valence-electron chi connectivity index (χ0n) is 11.9. The van der Waals surface area contributed by atoms with Gasteiger partial charge in [-0.15, -0.1) is 0 Å². The fourth-order valence-electron chi connectivity index (χ4n) is 3.58. The molecule has 2 unspecified atom stereocenters. The minimum atomic E-state index is -0.285. The molecule has 3 atom stereocenters. The van der Waals surface area contributed by atoms with Gasteiger partial charge in [0, 0.05) is 19.1 Å². The van der Waals surface area contributed by atoms with Crippen LogP contribution in [0.3, 0.4) is 0 Å². The average molecular weight is 274 g/mol. The fourth-order valence-corrected chi connectivity index (χ4v) is 3.58. The van der Waals surface area contributed by atoms with Crippen molar-refractivity contribution in [1.29, 1.82) is 0 Å². The molecule has 1 saturated carbocycles. The summed E-state index contributed by atoms with van der Waals surface area (Å²) in [5.41, 5.74) is 1.02. The molecular weight excluding hydrogens is 252 g/mol. The molecular formula is C16H22N2O2. The lowest BCUT2D eigenvalue weighted by molar-refractivity contribution is 0.135. The number of fused-ring (bicyclic) bond motifs is 1. The first-order valence-electron chi connectivity index (χ1n) is 7.36. The van der Waals surface area contributed by atoms with E-state index in [4.69, 9.17) is 4.74 Å². The minimum Gasteiger partial charge on any atom is -0.445 e. The SMILES string of the molecule is CN1CC2CC(NC(=O)OCc3ccccc3)C[C@H]2C1. The van der Waals surface area contributed by atoms with Gasteiger partial charge >= 0.3 is 6.09 Å². The molecule has 2 fully saturated rings. The molecule has 1 aromatic carbocycles. The highest BCUT2D eigenvalue weighted by molar-refractivity contribution is 5.67. The Morgan fingerprint density at radius 2 is 1.90 bits per heavy atom. The van der Waals surface area contributed by atoms with E-state index in [1.807, 2.05) is 30.3 Å². The Morgan fingerprint density at radius 1 is 1.25 bits per heavy atom. The lowest BCUT2D eigenvalue weighted by atomic mass is 10.0. The van der Waals surface area contributed by atoms with Crippen LogP contribution in [0.2, 0.25) is 0 Å². The molecule has 1 amide bonds. The van der Waals surface area contributed by atoms with Gasteiger partial charge in [-0.25, -0.2) is 4.79 Å². The number of hydrogen-bond acceptors (Lipinski definition) is 3. The van der Waals surface area contributed by atoms with Crippen molar-refractivity contribution < 1.29 is 9.53 Å². The maximum absolute atomic E-state index is 11.8. The molecule has 108 valence electrons. The summed E-state index contributed by atoms with van der Waals surface area (Å²) in [4.78, 5) is 14.2. The highest BCUT2D eigenvalue weighted by Gasteiger charge is 2.40. The maximum Gasteiger partial charge on any atom is 0.407 e. The zero-order valence-corrected chi connectivity index (χ0v) is 11.9. The second kappa shape index (κ2) is 5.83. The van der Waals surface area contributed by atoms with Crippen molar-refractivity contribution in [2.75, 3.05) is 20.1 Å². The van der Waals surface area contributed by atoms with Gasteiger partial charge in [-0.05, 0) is 37.3 Å². The molecule has 20 heavy (non-hydrogen) atoms. The van der Waals surface area contributed by atoms with Crippen molar-refractivity contribution in [1.82, 2.24) is 10.2 Å². The van der Waals surface area contributed by atoms with Crippen molar-refractivity contribution in [2.45, 2.75) is 25.5 Å². The number of nitrogens with one attached hydrogen (secondary N) is 1. The molecule has 2 aliphatic rings. The Morgan fingerprint density at radius 3 is 2.55 bits per heavy atom. The monoisotopic (exact) mass is 274 g/mol. The van der Waals surface area contributed by atoms with Crippen molar-refractivity contribution in [3.8, 4) is 0 Å². The Bertz CT molecular complexity index is 449. The molecule has 1 aromatic rings. The average Bonchev–Trinajstić information content (AvgIpc) is 2.94. The molecule has 4 heteroatoms. The van der Waals surface area contributed by atoms with E-state index in [0.717, 1.165) is 30.2 Å². The van der Waals surface area contributed by atoms with Gasteiger partial charge in [-0.1, -0.05) is 30.3 Å². The number of likely N-dealkylation sites (tertiary alicyclic amines) is 1. The van der Waals surface area contributed by atoms with Crippen LogP contribution in [-0.2, 0) is 11.3 Å². The molecule has 1 heterocycles. The van der Waals surface area contributed by atoms with E-state index in [0.29, 0.717) is 12.6 Å². The summed E-state index contributed by atoms with van der Waals surface area (Å²) >= 11 is 0. The predicted molar refractivity (Wildman–Crippen MR) is 77.3 cm³/mol. The van der Waals surface area contributed by atoms with E-state index >= 15 is 0 Å². The third-order valence-electron chi connectivity index (χ3n) is 4.47. The summed E-state index contributed by atoms with van der Waals surface area (Å²) < 4.78 is 5.27. The van der Waals surface area contributed by atoms with E-state index in [1.54, 1.807) is 0 Å². The summed E-state index contributed by atoms with van der Waals surface area (Å²) in [5, 5.41) is 3.01. The van der Waals surface area contributed by atoms with Crippen LogP contribution in [0.5, 0.6) is 0 Å². The van der Waals surface area contributed by atoms with Crippen LogP contribution < -0.4 is 5.32 Å². The molecule has 1 aliphatic heterocycles. The summed E-state index contributed by atoms with van der Waals surface area (Å²) in [6.45, 7) is 2.68. The van der Waals surface area contributed by atoms with Crippen molar-refractivity contribution in [2.24, 2.45) is 11.8 Å². The van der Waals surface area contributed by atoms with Gasteiger partial charge in [0.15, 0.2) is 0 Å². The number of benzene rings is 1. The molecule has 1 N–H and O–H groups in total. The summed E-state index contributed by atoms with van der Waals surface area (Å²) in [7, 11) is 2.18. The van der Waals surface area contributed by atoms with E-state index < -0.39 is 0 Å². The number of alkyl carbamates (subject to hydrolysis) is 1. The van der Waals surface area contributed by atoms with Gasteiger partial charge in [0.2, 0.25) is 0 Å². The number of ether oxygens (including phenoxy) is 1. The molecule has 0 aromatic heterocycles. The van der Waals surface area contributed by atoms with Gasteiger partial charge < -0.3 is 15.0 Å². The second-order valence-electron chi connectivity index (χ2n) is 6.12. The molecule has 1 saturated heterocycles. The summed E-state index contributed by atoms with van der Waals surface area (Å²) in [5.74, 6) is 1.50. The van der Waals surface area contributed by atoms with Crippen molar-refractivity contribution in [3.63, 3.8) is 0 Å². The maximum atomic E-state index is 11.8. The Kier molecular flexibility index (Phi) is 3.92. The van der Waals surface area contributed by atoms with E-state index in [1.165, 1.54) is 13.1 Å². The van der Waals surface area contributed by atoms with Crippen LogP contribution in [0.25, 0.3) is 0 Å². The van der Waals surface area contributed by atoms with Crippen LogP contribution >= 0.6 is 0 Å². The number of hydrogen-bond donors (Lipinski definition) is 1. The van der Waals surface area contributed by atoms with Crippen LogP contribution in [-0.4, -0.2) is 37.2 Å². The Balaban J connectivity index is 1.42. The van der Waals surface area contributed by atoms with Crippen LogP contribution in [0, 0.1) is 11.8 Å². The normalized spacial score (nSPS) is 29.1. The van der Waals surface area contributed by atoms with E-state index in [2.05, 4.69) is 17.3 Å². The highest BCUT2D eigenvalue weighted by Crippen LogP contribution is 2.37. The Hall–Kier alpha value is -1.55. The lowest BCUT2D eigenvalue weighted by Gasteiger charge is -2.16. The standard InChI is InChI=1S/C16H22N2O2/c1-18-9-13-7-15(8-14(13)10-18)17-16(19)20-11-12-5-3-2-4-6-12/h2-6,13-15H,7-11H2,1H3,(H,17,19)/t13-,14?,15?/m0/s1. The van der Waals surface area contributed by atoms with Gasteiger partial charge in [0.25, 0.3) is 0 Å². The molecule has 0 bridgehead atoms. The first kappa shape index (κ1) is 13.4. The van der Waals surface area contributed by atoms with E-state index in [-0.39, 0.29) is 6.09 Å². The van der Waals surface area contributed by atoms with Gasteiger partial charge in [0.05, 0.1) is 0 Å². The third kappa shape index (κ3) is 3.12. The third-order valence-corrected chi connectivity index (χ3v) is 4.47. The Labute approximate surface area is 120 Å². The van der Waals surface area contributed by atoms with Crippen LogP contribution in [0.15, 0.2) is 30.3 Å². The first-order chi connectivity index (χ1) is 9.70. The molecule has 0 radical (unpaired) electrons. The highest BCUT2D eigenvalue weighted by atomic mass is 16.5. The molecule has 1 aliphatic carbocycles. The number of carbonyl (C=O) groups is 1. The second-order valence-corrected chi connectivity index (χ2v) is 6.12. The number of amides is 1. The predicted octanol–water partition coefficient (Wildman–Crippen LogP) is 2.25. The summed E-state index contributed by atoms with van der Waals surface area (Å²) in [6, 6.07) is 10.1.